The Morgan fingerprint density at radius 2 is 1.77 bits per heavy atom. The lowest BCUT2D eigenvalue weighted by molar-refractivity contribution is -0.123. The van der Waals surface area contributed by atoms with Crippen molar-refractivity contribution in [1.29, 1.82) is 0 Å². The molecular weight excluding hydrogens is 412 g/mol. The number of hydrogen-bond acceptors (Lipinski definition) is 6. The van der Waals surface area contributed by atoms with Gasteiger partial charge in [-0.2, -0.15) is 5.10 Å². The molecule has 0 saturated carbocycles. The van der Waals surface area contributed by atoms with Crippen LogP contribution >= 0.6 is 11.3 Å². The predicted octanol–water partition coefficient (Wildman–Crippen LogP) is 5.01. The second-order valence-electron chi connectivity index (χ2n) is 6.90. The van der Waals surface area contributed by atoms with Crippen molar-refractivity contribution in [3.05, 3.63) is 82.0 Å². The van der Waals surface area contributed by atoms with E-state index in [0.29, 0.717) is 22.3 Å². The summed E-state index contributed by atoms with van der Waals surface area (Å²) in [6.07, 6.45) is 2.58. The van der Waals surface area contributed by atoms with Gasteiger partial charge in [-0.05, 0) is 71.3 Å². The van der Waals surface area contributed by atoms with Crippen molar-refractivity contribution in [2.75, 3.05) is 6.61 Å². The third-order valence-corrected chi connectivity index (χ3v) is 5.50. The first-order valence-corrected chi connectivity index (χ1v) is 10.8. The molecule has 7 heteroatoms. The lowest BCUT2D eigenvalue weighted by atomic mass is 9.99. The molecule has 0 spiro atoms. The van der Waals surface area contributed by atoms with Crippen LogP contribution in [-0.4, -0.2) is 24.7 Å². The fourth-order valence-electron chi connectivity index (χ4n) is 2.66. The number of hydrazone groups is 1. The first-order chi connectivity index (χ1) is 15.0. The zero-order valence-electron chi connectivity index (χ0n) is 17.4. The van der Waals surface area contributed by atoms with Gasteiger partial charge in [-0.1, -0.05) is 32.0 Å². The van der Waals surface area contributed by atoms with E-state index in [1.165, 1.54) is 23.1 Å². The van der Waals surface area contributed by atoms with E-state index in [9.17, 15) is 9.59 Å². The molecule has 0 unspecified atom stereocenters. The van der Waals surface area contributed by atoms with E-state index < -0.39 is 5.97 Å². The normalized spacial score (nSPS) is 11.8. The van der Waals surface area contributed by atoms with Crippen LogP contribution in [0.1, 0.15) is 47.0 Å². The number of nitrogens with zero attached hydrogens (tertiary/aromatic N) is 1. The Hall–Kier alpha value is -3.45. The molecule has 1 heterocycles. The van der Waals surface area contributed by atoms with Crippen LogP contribution in [0.25, 0.3) is 0 Å². The summed E-state index contributed by atoms with van der Waals surface area (Å²) in [6.45, 7) is 4.19. The standard InChI is InChI=1S/C24H24N2O4S/c1-3-17(2)19-8-12-20(13-9-19)29-16-23(27)26-25-15-18-6-10-21(11-7-18)30-24(28)22-5-4-14-31-22/h4-15,17H,3,16H2,1-2H3,(H,26,27)/b25-15+/t17-/m1/s1. The van der Waals surface area contributed by atoms with Crippen LogP contribution in [0.4, 0.5) is 0 Å². The first kappa shape index (κ1) is 22.2. The SMILES string of the molecule is CC[C@@H](C)c1ccc(OCC(=O)N/N=C/c2ccc(OC(=O)c3cccs3)cc2)cc1. The van der Waals surface area contributed by atoms with Gasteiger partial charge in [0.25, 0.3) is 5.91 Å². The number of carbonyl (C=O) groups is 2. The van der Waals surface area contributed by atoms with E-state index in [2.05, 4.69) is 24.4 Å². The zero-order valence-corrected chi connectivity index (χ0v) is 18.2. The summed E-state index contributed by atoms with van der Waals surface area (Å²) in [7, 11) is 0. The quantitative estimate of drug-likeness (QED) is 0.221. The van der Waals surface area contributed by atoms with Crippen molar-refractivity contribution in [1.82, 2.24) is 5.43 Å². The maximum absolute atomic E-state index is 11.9. The van der Waals surface area contributed by atoms with E-state index in [4.69, 9.17) is 9.47 Å². The van der Waals surface area contributed by atoms with E-state index in [1.807, 2.05) is 29.6 Å². The maximum atomic E-state index is 11.9. The van der Waals surface area contributed by atoms with Gasteiger partial charge in [0.1, 0.15) is 16.4 Å². The van der Waals surface area contributed by atoms with Crippen LogP contribution < -0.4 is 14.9 Å². The van der Waals surface area contributed by atoms with Gasteiger partial charge in [0, 0.05) is 0 Å². The van der Waals surface area contributed by atoms with Crippen LogP contribution in [0.3, 0.4) is 0 Å². The van der Waals surface area contributed by atoms with E-state index in [1.54, 1.807) is 36.4 Å². The van der Waals surface area contributed by atoms with Crippen molar-refractivity contribution in [3.8, 4) is 11.5 Å². The van der Waals surface area contributed by atoms with Crippen LogP contribution in [-0.2, 0) is 4.79 Å². The molecule has 31 heavy (non-hydrogen) atoms. The molecule has 1 aromatic heterocycles. The molecule has 0 radical (unpaired) electrons. The average molecular weight is 437 g/mol. The minimum atomic E-state index is -0.391. The Labute approximate surface area is 185 Å². The van der Waals surface area contributed by atoms with Crippen LogP contribution in [0, 0.1) is 0 Å². The van der Waals surface area contributed by atoms with Gasteiger partial charge in [-0.3, -0.25) is 4.79 Å². The molecule has 1 atom stereocenters. The smallest absolute Gasteiger partial charge is 0.353 e. The van der Waals surface area contributed by atoms with E-state index >= 15 is 0 Å². The number of hydrogen-bond donors (Lipinski definition) is 1. The fraction of sp³-hybridized carbons (Fsp3) is 0.208. The highest BCUT2D eigenvalue weighted by atomic mass is 32.1. The number of thiophene rings is 1. The number of carbonyl (C=O) groups excluding carboxylic acids is 2. The highest BCUT2D eigenvalue weighted by Crippen LogP contribution is 2.21. The molecule has 1 N–H and O–H groups in total. The largest absolute Gasteiger partial charge is 0.484 e. The molecule has 0 aliphatic rings. The Kier molecular flexibility index (Phi) is 7.95. The van der Waals surface area contributed by atoms with Crippen molar-refractivity contribution in [3.63, 3.8) is 0 Å². The van der Waals surface area contributed by atoms with Gasteiger partial charge in [-0.25, -0.2) is 10.2 Å². The van der Waals surface area contributed by atoms with Crippen molar-refractivity contribution in [2.45, 2.75) is 26.2 Å². The first-order valence-electron chi connectivity index (χ1n) is 9.95. The molecule has 3 rings (SSSR count). The highest BCUT2D eigenvalue weighted by molar-refractivity contribution is 7.12. The van der Waals surface area contributed by atoms with Crippen molar-refractivity contribution < 1.29 is 19.1 Å². The molecule has 6 nitrogen and oxygen atoms in total. The van der Waals surface area contributed by atoms with Gasteiger partial charge in [-0.15, -0.1) is 11.3 Å². The minimum Gasteiger partial charge on any atom is -0.484 e. The Morgan fingerprint density at radius 3 is 2.42 bits per heavy atom. The van der Waals surface area contributed by atoms with Gasteiger partial charge in [0.15, 0.2) is 6.61 Å². The molecule has 0 fully saturated rings. The monoisotopic (exact) mass is 436 g/mol. The summed E-state index contributed by atoms with van der Waals surface area (Å²) >= 11 is 1.33. The summed E-state index contributed by atoms with van der Waals surface area (Å²) in [6, 6.07) is 18.1. The topological polar surface area (TPSA) is 77.0 Å². The number of amides is 1. The lowest BCUT2D eigenvalue weighted by Gasteiger charge is -2.10. The molecule has 0 aliphatic heterocycles. The maximum Gasteiger partial charge on any atom is 0.353 e. The van der Waals surface area contributed by atoms with Crippen LogP contribution in [0.5, 0.6) is 11.5 Å². The van der Waals surface area contributed by atoms with Gasteiger partial charge in [0.05, 0.1) is 6.21 Å². The molecule has 0 aliphatic carbocycles. The third kappa shape index (κ3) is 6.79. The predicted molar refractivity (Wildman–Crippen MR) is 122 cm³/mol. The molecule has 0 saturated heterocycles. The third-order valence-electron chi connectivity index (χ3n) is 4.65. The summed E-state index contributed by atoms with van der Waals surface area (Å²) in [5.41, 5.74) is 4.42. The molecular formula is C24H24N2O4S. The van der Waals surface area contributed by atoms with Gasteiger partial charge >= 0.3 is 5.97 Å². The zero-order chi connectivity index (χ0) is 22.1. The van der Waals surface area contributed by atoms with E-state index in [-0.39, 0.29) is 12.5 Å². The van der Waals surface area contributed by atoms with Crippen molar-refractivity contribution in [2.24, 2.45) is 5.10 Å². The molecule has 160 valence electrons. The van der Waals surface area contributed by atoms with Crippen molar-refractivity contribution >= 4 is 29.4 Å². The second kappa shape index (κ2) is 11.1. The Balaban J connectivity index is 1.42. The highest BCUT2D eigenvalue weighted by Gasteiger charge is 2.09. The van der Waals surface area contributed by atoms with E-state index in [0.717, 1.165) is 12.0 Å². The number of rotatable bonds is 9. The Bertz CT molecular complexity index is 1010. The summed E-state index contributed by atoms with van der Waals surface area (Å²) in [5.74, 6) is 0.821. The second-order valence-corrected chi connectivity index (χ2v) is 7.84. The van der Waals surface area contributed by atoms with Crippen LogP contribution in [0.15, 0.2) is 71.1 Å². The molecule has 2 aromatic carbocycles. The molecule has 1 amide bonds. The summed E-state index contributed by atoms with van der Waals surface area (Å²) in [4.78, 5) is 24.4. The fourth-order valence-corrected chi connectivity index (χ4v) is 3.26. The summed E-state index contributed by atoms with van der Waals surface area (Å²) in [5, 5.41) is 5.74. The Morgan fingerprint density at radius 1 is 1.06 bits per heavy atom. The van der Waals surface area contributed by atoms with Gasteiger partial charge in [0.2, 0.25) is 0 Å². The van der Waals surface area contributed by atoms with Gasteiger partial charge < -0.3 is 9.47 Å². The van der Waals surface area contributed by atoms with Crippen LogP contribution in [0.2, 0.25) is 0 Å². The summed E-state index contributed by atoms with van der Waals surface area (Å²) < 4.78 is 10.8. The minimum absolute atomic E-state index is 0.127. The number of nitrogens with one attached hydrogen (secondary N) is 1. The lowest BCUT2D eigenvalue weighted by Crippen LogP contribution is -2.24. The molecule has 3 aromatic rings. The number of esters is 1. The number of benzene rings is 2. The average Bonchev–Trinajstić information content (AvgIpc) is 3.34. The molecule has 0 bridgehead atoms. The number of ether oxygens (including phenoxy) is 2.